The molecule has 0 aliphatic heterocycles. The lowest BCUT2D eigenvalue weighted by Crippen LogP contribution is -2.00. The SMILES string of the molecule is CCc1noc(Cn2cc(I)cn2)n1. The van der Waals surface area contributed by atoms with Gasteiger partial charge in [-0.2, -0.15) is 10.1 Å². The zero-order valence-corrected chi connectivity index (χ0v) is 9.80. The van der Waals surface area contributed by atoms with E-state index in [-0.39, 0.29) is 0 Å². The second kappa shape index (κ2) is 4.07. The van der Waals surface area contributed by atoms with E-state index in [1.165, 1.54) is 0 Å². The van der Waals surface area contributed by atoms with E-state index < -0.39 is 0 Å². The van der Waals surface area contributed by atoms with Gasteiger partial charge >= 0.3 is 0 Å². The molecule has 0 unspecified atom stereocenters. The Morgan fingerprint density at radius 2 is 2.43 bits per heavy atom. The molecule has 2 rings (SSSR count). The van der Waals surface area contributed by atoms with Crippen molar-refractivity contribution in [3.8, 4) is 0 Å². The van der Waals surface area contributed by atoms with Crippen LogP contribution in [0.15, 0.2) is 16.9 Å². The van der Waals surface area contributed by atoms with E-state index in [2.05, 4.69) is 37.8 Å². The van der Waals surface area contributed by atoms with Crippen molar-refractivity contribution < 1.29 is 4.52 Å². The summed E-state index contributed by atoms with van der Waals surface area (Å²) in [6, 6.07) is 0. The van der Waals surface area contributed by atoms with Crippen LogP contribution < -0.4 is 0 Å². The van der Waals surface area contributed by atoms with Gasteiger partial charge in [0.05, 0.1) is 9.77 Å². The maximum absolute atomic E-state index is 5.04. The Bertz CT molecular complexity index is 422. The van der Waals surface area contributed by atoms with Gasteiger partial charge in [0, 0.05) is 12.6 Å². The predicted octanol–water partition coefficient (Wildman–Crippen LogP) is 1.48. The number of halogens is 1. The van der Waals surface area contributed by atoms with Crippen molar-refractivity contribution in [3.63, 3.8) is 0 Å². The van der Waals surface area contributed by atoms with Crippen molar-refractivity contribution in [1.82, 2.24) is 19.9 Å². The molecule has 2 heterocycles. The lowest BCUT2D eigenvalue weighted by atomic mass is 10.5. The van der Waals surface area contributed by atoms with E-state index in [9.17, 15) is 0 Å². The summed E-state index contributed by atoms with van der Waals surface area (Å²) >= 11 is 2.21. The molecule has 0 aliphatic rings. The van der Waals surface area contributed by atoms with Gasteiger partial charge in [0.25, 0.3) is 0 Å². The van der Waals surface area contributed by atoms with E-state index in [4.69, 9.17) is 4.52 Å². The van der Waals surface area contributed by atoms with E-state index in [0.717, 1.165) is 15.8 Å². The van der Waals surface area contributed by atoms with E-state index in [1.54, 1.807) is 10.9 Å². The van der Waals surface area contributed by atoms with Gasteiger partial charge in [-0.15, -0.1) is 0 Å². The van der Waals surface area contributed by atoms with Crippen LogP contribution in [-0.2, 0) is 13.0 Å². The second-order valence-corrected chi connectivity index (χ2v) is 4.06. The van der Waals surface area contributed by atoms with Crippen LogP contribution in [0.5, 0.6) is 0 Å². The van der Waals surface area contributed by atoms with Gasteiger partial charge in [-0.3, -0.25) is 4.68 Å². The summed E-state index contributed by atoms with van der Waals surface area (Å²) in [7, 11) is 0. The zero-order chi connectivity index (χ0) is 9.97. The molecule has 0 saturated carbocycles. The quantitative estimate of drug-likeness (QED) is 0.806. The van der Waals surface area contributed by atoms with Crippen LogP contribution in [0.4, 0.5) is 0 Å². The van der Waals surface area contributed by atoms with Crippen molar-refractivity contribution in [2.45, 2.75) is 19.9 Å². The predicted molar refractivity (Wildman–Crippen MR) is 57.7 cm³/mol. The first-order valence-electron chi connectivity index (χ1n) is 4.27. The van der Waals surface area contributed by atoms with Gasteiger partial charge in [-0.1, -0.05) is 12.1 Å². The average Bonchev–Trinajstić information content (AvgIpc) is 2.76. The molecule has 74 valence electrons. The molecule has 0 fully saturated rings. The van der Waals surface area contributed by atoms with Crippen LogP contribution >= 0.6 is 22.6 Å². The molecule has 0 aliphatic carbocycles. The Kier molecular flexibility index (Phi) is 2.80. The summed E-state index contributed by atoms with van der Waals surface area (Å²) in [5, 5.41) is 7.94. The minimum Gasteiger partial charge on any atom is -0.337 e. The minimum absolute atomic E-state index is 0.538. The van der Waals surface area contributed by atoms with Crippen molar-refractivity contribution >= 4 is 22.6 Å². The Labute approximate surface area is 94.6 Å². The standard InChI is InChI=1S/C8H9IN4O/c1-2-7-11-8(14-12-7)5-13-4-6(9)3-10-13/h3-4H,2,5H2,1H3. The molecular formula is C8H9IN4O. The van der Waals surface area contributed by atoms with Crippen molar-refractivity contribution in [3.05, 3.63) is 27.7 Å². The molecule has 0 aromatic carbocycles. The van der Waals surface area contributed by atoms with Gasteiger partial charge in [-0.25, -0.2) is 0 Å². The number of hydrogen-bond acceptors (Lipinski definition) is 4. The van der Waals surface area contributed by atoms with Crippen LogP contribution in [0, 0.1) is 3.57 Å². The number of rotatable bonds is 3. The summed E-state index contributed by atoms with van der Waals surface area (Å²) in [6.45, 7) is 2.53. The fourth-order valence-corrected chi connectivity index (χ4v) is 1.51. The highest BCUT2D eigenvalue weighted by atomic mass is 127. The first-order valence-corrected chi connectivity index (χ1v) is 5.35. The number of aryl methyl sites for hydroxylation is 1. The minimum atomic E-state index is 0.538. The molecular weight excluding hydrogens is 295 g/mol. The molecule has 2 aromatic heterocycles. The van der Waals surface area contributed by atoms with Crippen molar-refractivity contribution in [2.75, 3.05) is 0 Å². The van der Waals surface area contributed by atoms with E-state index in [0.29, 0.717) is 12.4 Å². The highest BCUT2D eigenvalue weighted by Gasteiger charge is 2.05. The molecule has 0 radical (unpaired) electrons. The Morgan fingerprint density at radius 3 is 3.00 bits per heavy atom. The molecule has 6 heteroatoms. The molecule has 0 N–H and O–H groups in total. The number of hydrogen-bond donors (Lipinski definition) is 0. The van der Waals surface area contributed by atoms with E-state index >= 15 is 0 Å². The third-order valence-corrected chi connectivity index (χ3v) is 2.28. The van der Waals surface area contributed by atoms with Crippen LogP contribution in [-0.4, -0.2) is 19.9 Å². The first-order chi connectivity index (χ1) is 6.78. The van der Waals surface area contributed by atoms with Gasteiger partial charge in [-0.05, 0) is 22.6 Å². The third kappa shape index (κ3) is 2.11. The molecule has 0 spiro atoms. The molecule has 0 atom stereocenters. The molecule has 14 heavy (non-hydrogen) atoms. The lowest BCUT2D eigenvalue weighted by molar-refractivity contribution is 0.361. The molecule has 2 aromatic rings. The summed E-state index contributed by atoms with van der Waals surface area (Å²) in [6.07, 6.45) is 4.51. The van der Waals surface area contributed by atoms with Crippen LogP contribution in [0.3, 0.4) is 0 Å². The second-order valence-electron chi connectivity index (χ2n) is 2.81. The molecule has 0 amide bonds. The zero-order valence-electron chi connectivity index (χ0n) is 7.64. The largest absolute Gasteiger partial charge is 0.337 e. The lowest BCUT2D eigenvalue weighted by Gasteiger charge is -1.92. The summed E-state index contributed by atoms with van der Waals surface area (Å²) in [5.74, 6) is 1.34. The normalized spacial score (nSPS) is 10.7. The smallest absolute Gasteiger partial charge is 0.248 e. The van der Waals surface area contributed by atoms with Gasteiger partial charge in [0.2, 0.25) is 5.89 Å². The monoisotopic (exact) mass is 304 g/mol. The Hall–Kier alpha value is -0.920. The fraction of sp³-hybridized carbons (Fsp3) is 0.375. The Balaban J connectivity index is 2.10. The third-order valence-electron chi connectivity index (χ3n) is 1.73. The molecule has 5 nitrogen and oxygen atoms in total. The first kappa shape index (κ1) is 9.63. The maximum Gasteiger partial charge on any atom is 0.248 e. The average molecular weight is 304 g/mol. The summed E-state index contributed by atoms with van der Waals surface area (Å²) < 4.78 is 7.91. The molecule has 0 bridgehead atoms. The number of aromatic nitrogens is 4. The highest BCUT2D eigenvalue weighted by Crippen LogP contribution is 2.04. The molecule has 0 saturated heterocycles. The van der Waals surface area contributed by atoms with E-state index in [1.807, 2.05) is 13.1 Å². The van der Waals surface area contributed by atoms with Crippen LogP contribution in [0.25, 0.3) is 0 Å². The fourth-order valence-electron chi connectivity index (χ4n) is 1.06. The van der Waals surface area contributed by atoms with Crippen molar-refractivity contribution in [2.24, 2.45) is 0 Å². The van der Waals surface area contributed by atoms with Gasteiger partial charge < -0.3 is 4.52 Å². The summed E-state index contributed by atoms with van der Waals surface area (Å²) in [5.41, 5.74) is 0. The van der Waals surface area contributed by atoms with Crippen LogP contribution in [0.2, 0.25) is 0 Å². The van der Waals surface area contributed by atoms with Gasteiger partial charge in [0.15, 0.2) is 5.82 Å². The summed E-state index contributed by atoms with van der Waals surface area (Å²) in [4.78, 5) is 4.19. The highest BCUT2D eigenvalue weighted by molar-refractivity contribution is 14.1. The van der Waals surface area contributed by atoms with Gasteiger partial charge in [0.1, 0.15) is 6.54 Å². The maximum atomic E-state index is 5.04. The van der Waals surface area contributed by atoms with Crippen molar-refractivity contribution in [1.29, 1.82) is 0 Å². The number of nitrogens with zero attached hydrogens (tertiary/aromatic N) is 4. The Morgan fingerprint density at radius 1 is 1.57 bits per heavy atom. The topological polar surface area (TPSA) is 56.7 Å². The van der Waals surface area contributed by atoms with Crippen LogP contribution in [0.1, 0.15) is 18.6 Å².